The summed E-state index contributed by atoms with van der Waals surface area (Å²) in [6, 6.07) is 0.0886. The summed E-state index contributed by atoms with van der Waals surface area (Å²) in [5.41, 5.74) is -0.986. The van der Waals surface area contributed by atoms with Crippen LogP contribution in [0.5, 0.6) is 0 Å². The van der Waals surface area contributed by atoms with E-state index in [9.17, 15) is 22.0 Å². The molecule has 1 aromatic rings. The van der Waals surface area contributed by atoms with E-state index in [4.69, 9.17) is 0 Å². The fourth-order valence-electron chi connectivity index (χ4n) is 0.901. The number of halogens is 5. The lowest BCUT2D eigenvalue weighted by Crippen LogP contribution is -2.09. The van der Waals surface area contributed by atoms with Gasteiger partial charge in [-0.05, 0) is 0 Å². The van der Waals surface area contributed by atoms with Crippen LogP contribution in [-0.2, 0) is 0 Å². The number of hydrogen-bond donors (Lipinski definition) is 1. The lowest BCUT2D eigenvalue weighted by Gasteiger charge is -2.07. The maximum atomic E-state index is 12.8. The first-order chi connectivity index (χ1) is 6.57. The van der Waals surface area contributed by atoms with Crippen molar-refractivity contribution in [1.82, 2.24) is 0 Å². The Labute approximate surface area is 76.5 Å². The minimum absolute atomic E-state index is 0.0886. The number of benzene rings is 1. The minimum Gasteiger partial charge on any atom is -0.377 e. The molecule has 0 atom stereocenters. The van der Waals surface area contributed by atoms with E-state index in [1.165, 1.54) is 0 Å². The van der Waals surface area contributed by atoms with Crippen LogP contribution in [0.25, 0.3) is 0 Å². The first kappa shape index (κ1) is 10.7. The van der Waals surface area contributed by atoms with Crippen molar-refractivity contribution < 1.29 is 22.0 Å². The normalized spacial score (nSPS) is 10.4. The Kier molecular flexibility index (Phi) is 3.27. The van der Waals surface area contributed by atoms with Gasteiger partial charge in [-0.25, -0.2) is 22.0 Å². The molecule has 0 aliphatic carbocycles. The van der Waals surface area contributed by atoms with E-state index in [-0.39, 0.29) is 6.07 Å². The standard InChI is InChI=1S/C8H6F5N/c9-1-2-14-8-6(12)4(10)3-5(11)7(8)13/h3,14H,1-2H2. The SMILES string of the molecule is FCCNc1c(F)c(F)cc(F)c1F. The van der Waals surface area contributed by atoms with Crippen molar-refractivity contribution >= 4 is 5.69 Å². The van der Waals surface area contributed by atoms with Crippen LogP contribution in [0.15, 0.2) is 6.07 Å². The van der Waals surface area contributed by atoms with Gasteiger partial charge in [0.1, 0.15) is 12.4 Å². The van der Waals surface area contributed by atoms with Crippen molar-refractivity contribution in [3.8, 4) is 0 Å². The molecule has 1 aromatic carbocycles. The van der Waals surface area contributed by atoms with Crippen molar-refractivity contribution in [3.05, 3.63) is 29.3 Å². The third-order valence-corrected chi connectivity index (χ3v) is 1.51. The summed E-state index contributed by atoms with van der Waals surface area (Å²) in [4.78, 5) is 0. The molecule has 0 fully saturated rings. The van der Waals surface area contributed by atoms with Crippen LogP contribution in [0.4, 0.5) is 27.6 Å². The minimum atomic E-state index is -1.56. The Morgan fingerprint density at radius 1 is 1.00 bits per heavy atom. The van der Waals surface area contributed by atoms with Gasteiger partial charge in [-0.1, -0.05) is 0 Å². The Morgan fingerprint density at radius 3 is 1.93 bits per heavy atom. The smallest absolute Gasteiger partial charge is 0.185 e. The van der Waals surface area contributed by atoms with Gasteiger partial charge in [-0.15, -0.1) is 0 Å². The van der Waals surface area contributed by atoms with Crippen molar-refractivity contribution in [2.24, 2.45) is 0 Å². The van der Waals surface area contributed by atoms with Gasteiger partial charge < -0.3 is 5.32 Å². The zero-order chi connectivity index (χ0) is 10.7. The maximum Gasteiger partial charge on any atom is 0.185 e. The van der Waals surface area contributed by atoms with E-state index in [0.29, 0.717) is 0 Å². The van der Waals surface area contributed by atoms with Crippen molar-refractivity contribution in [3.63, 3.8) is 0 Å². The highest BCUT2D eigenvalue weighted by Gasteiger charge is 2.18. The summed E-state index contributed by atoms with van der Waals surface area (Å²) in [6.07, 6.45) is 0. The number of rotatable bonds is 3. The monoisotopic (exact) mass is 211 g/mol. The fraction of sp³-hybridized carbons (Fsp3) is 0.250. The first-order valence-electron chi connectivity index (χ1n) is 3.70. The predicted molar refractivity (Wildman–Crippen MR) is 40.7 cm³/mol. The highest BCUT2D eigenvalue weighted by molar-refractivity contribution is 5.47. The van der Waals surface area contributed by atoms with Crippen LogP contribution in [0.3, 0.4) is 0 Å². The van der Waals surface area contributed by atoms with Gasteiger partial charge in [0.05, 0.1) is 0 Å². The van der Waals surface area contributed by atoms with Crippen LogP contribution in [0.2, 0.25) is 0 Å². The second-order valence-electron chi connectivity index (χ2n) is 2.46. The third-order valence-electron chi connectivity index (χ3n) is 1.51. The Balaban J connectivity index is 3.11. The molecule has 0 unspecified atom stereocenters. The van der Waals surface area contributed by atoms with Crippen LogP contribution in [0.1, 0.15) is 0 Å². The lowest BCUT2D eigenvalue weighted by molar-refractivity contribution is 0.455. The molecule has 0 aromatic heterocycles. The van der Waals surface area contributed by atoms with Crippen LogP contribution in [0, 0.1) is 23.3 Å². The van der Waals surface area contributed by atoms with Crippen molar-refractivity contribution in [2.45, 2.75) is 0 Å². The fourth-order valence-corrected chi connectivity index (χ4v) is 0.901. The average Bonchev–Trinajstić information content (AvgIpc) is 2.15. The average molecular weight is 211 g/mol. The van der Waals surface area contributed by atoms with Gasteiger partial charge in [0.25, 0.3) is 0 Å². The molecule has 0 spiro atoms. The molecule has 0 saturated carbocycles. The largest absolute Gasteiger partial charge is 0.377 e. The second-order valence-corrected chi connectivity index (χ2v) is 2.46. The molecule has 0 bridgehead atoms. The van der Waals surface area contributed by atoms with E-state index < -0.39 is 42.2 Å². The Bertz CT molecular complexity index is 313. The van der Waals surface area contributed by atoms with E-state index >= 15 is 0 Å². The molecule has 0 aliphatic heterocycles. The quantitative estimate of drug-likeness (QED) is 0.598. The molecule has 1 N–H and O–H groups in total. The topological polar surface area (TPSA) is 12.0 Å². The van der Waals surface area contributed by atoms with E-state index in [0.717, 1.165) is 0 Å². The van der Waals surface area contributed by atoms with Gasteiger partial charge >= 0.3 is 0 Å². The molecule has 6 heteroatoms. The summed E-state index contributed by atoms with van der Waals surface area (Å²) in [5.74, 6) is -6.16. The van der Waals surface area contributed by atoms with Crippen molar-refractivity contribution in [1.29, 1.82) is 0 Å². The molecular weight excluding hydrogens is 205 g/mol. The van der Waals surface area contributed by atoms with Crippen LogP contribution >= 0.6 is 0 Å². The summed E-state index contributed by atoms with van der Waals surface area (Å²) in [7, 11) is 0. The summed E-state index contributed by atoms with van der Waals surface area (Å²) >= 11 is 0. The number of hydrogen-bond acceptors (Lipinski definition) is 1. The van der Waals surface area contributed by atoms with E-state index in [2.05, 4.69) is 0 Å². The summed E-state index contributed by atoms with van der Waals surface area (Å²) < 4.78 is 62.3. The second kappa shape index (κ2) is 4.26. The van der Waals surface area contributed by atoms with Gasteiger partial charge in [0, 0.05) is 12.6 Å². The maximum absolute atomic E-state index is 12.8. The van der Waals surface area contributed by atoms with Crippen LogP contribution in [-0.4, -0.2) is 13.2 Å². The highest BCUT2D eigenvalue weighted by atomic mass is 19.2. The van der Waals surface area contributed by atoms with Gasteiger partial charge in [-0.2, -0.15) is 0 Å². The third kappa shape index (κ3) is 1.94. The molecule has 0 saturated heterocycles. The Hall–Kier alpha value is -1.33. The summed E-state index contributed by atoms with van der Waals surface area (Å²) in [5, 5.41) is 1.91. The van der Waals surface area contributed by atoms with Gasteiger partial charge in [0.2, 0.25) is 0 Å². The number of alkyl halides is 1. The molecule has 0 aliphatic rings. The number of anilines is 1. The number of nitrogens with one attached hydrogen (secondary N) is 1. The molecule has 1 rings (SSSR count). The van der Waals surface area contributed by atoms with E-state index in [1.54, 1.807) is 0 Å². The molecule has 0 radical (unpaired) electrons. The molecule has 1 nitrogen and oxygen atoms in total. The van der Waals surface area contributed by atoms with Crippen molar-refractivity contribution in [2.75, 3.05) is 18.5 Å². The zero-order valence-electron chi connectivity index (χ0n) is 6.88. The van der Waals surface area contributed by atoms with E-state index in [1.807, 2.05) is 5.32 Å². The van der Waals surface area contributed by atoms with Gasteiger partial charge in [-0.3, -0.25) is 0 Å². The molecule has 78 valence electrons. The molecule has 0 heterocycles. The van der Waals surface area contributed by atoms with Crippen LogP contribution < -0.4 is 5.32 Å². The lowest BCUT2D eigenvalue weighted by atomic mass is 10.2. The first-order valence-corrected chi connectivity index (χ1v) is 3.70. The zero-order valence-corrected chi connectivity index (χ0v) is 6.88. The Morgan fingerprint density at radius 2 is 1.50 bits per heavy atom. The van der Waals surface area contributed by atoms with Gasteiger partial charge in [0.15, 0.2) is 23.3 Å². The highest BCUT2D eigenvalue weighted by Crippen LogP contribution is 2.23. The molecule has 14 heavy (non-hydrogen) atoms. The predicted octanol–water partition coefficient (Wildman–Crippen LogP) is 2.62. The molecular formula is C8H6F5N. The molecule has 0 amide bonds. The summed E-state index contributed by atoms with van der Waals surface area (Å²) in [6.45, 7) is -1.33.